The predicted octanol–water partition coefficient (Wildman–Crippen LogP) is 0.669. The fourth-order valence-electron chi connectivity index (χ4n) is 0.680. The molecule has 1 rings (SSSR count). The van der Waals surface area contributed by atoms with E-state index in [0.29, 0.717) is 6.54 Å². The van der Waals surface area contributed by atoms with Crippen LogP contribution < -0.4 is 11.3 Å². The second-order valence-corrected chi connectivity index (χ2v) is 2.91. The number of rotatable bonds is 3. The molecule has 0 aliphatic carbocycles. The summed E-state index contributed by atoms with van der Waals surface area (Å²) in [6.45, 7) is 2.76. The standard InChI is InChI=1S/C6H11N3S/c1-2-5-4-10-6(9-5)3-8-7/h4,8H,2-3,7H2,1H3. The van der Waals surface area contributed by atoms with Crippen LogP contribution in [0.1, 0.15) is 17.6 Å². The van der Waals surface area contributed by atoms with Crippen LogP contribution in [0.4, 0.5) is 0 Å². The van der Waals surface area contributed by atoms with Crippen molar-refractivity contribution in [2.45, 2.75) is 19.9 Å². The van der Waals surface area contributed by atoms with E-state index in [2.05, 4.69) is 22.7 Å². The third-order valence-electron chi connectivity index (χ3n) is 1.21. The molecule has 0 spiro atoms. The molecule has 0 bridgehead atoms. The topological polar surface area (TPSA) is 50.9 Å². The van der Waals surface area contributed by atoms with Crippen LogP contribution >= 0.6 is 11.3 Å². The van der Waals surface area contributed by atoms with Crippen molar-refractivity contribution < 1.29 is 0 Å². The van der Waals surface area contributed by atoms with Crippen LogP contribution in [0.2, 0.25) is 0 Å². The van der Waals surface area contributed by atoms with Crippen molar-refractivity contribution in [3.63, 3.8) is 0 Å². The molecule has 10 heavy (non-hydrogen) atoms. The zero-order valence-electron chi connectivity index (χ0n) is 5.92. The zero-order valence-corrected chi connectivity index (χ0v) is 6.74. The molecule has 0 radical (unpaired) electrons. The number of nitrogens with one attached hydrogen (secondary N) is 1. The Hall–Kier alpha value is -0.450. The van der Waals surface area contributed by atoms with Gasteiger partial charge in [-0.15, -0.1) is 11.3 Å². The average molecular weight is 157 g/mol. The van der Waals surface area contributed by atoms with Crippen molar-refractivity contribution in [2.75, 3.05) is 0 Å². The van der Waals surface area contributed by atoms with E-state index in [9.17, 15) is 0 Å². The maximum atomic E-state index is 5.13. The minimum absolute atomic E-state index is 0.671. The molecule has 0 unspecified atom stereocenters. The second kappa shape index (κ2) is 3.65. The van der Waals surface area contributed by atoms with E-state index in [-0.39, 0.29) is 0 Å². The van der Waals surface area contributed by atoms with Gasteiger partial charge in [0.2, 0.25) is 0 Å². The van der Waals surface area contributed by atoms with Crippen molar-refractivity contribution >= 4 is 11.3 Å². The normalized spacial score (nSPS) is 10.2. The smallest absolute Gasteiger partial charge is 0.108 e. The first-order valence-electron chi connectivity index (χ1n) is 3.23. The number of hydrazine groups is 1. The van der Waals surface area contributed by atoms with Gasteiger partial charge in [-0.3, -0.25) is 11.3 Å². The van der Waals surface area contributed by atoms with Crippen molar-refractivity contribution in [3.05, 3.63) is 16.1 Å². The fraction of sp³-hybridized carbons (Fsp3) is 0.500. The summed E-state index contributed by atoms with van der Waals surface area (Å²) in [7, 11) is 0. The highest BCUT2D eigenvalue weighted by Gasteiger charge is 1.96. The van der Waals surface area contributed by atoms with Crippen LogP contribution in [-0.4, -0.2) is 4.98 Å². The Labute approximate surface area is 64.2 Å². The summed E-state index contributed by atoms with van der Waals surface area (Å²) in [5, 5.41) is 3.12. The van der Waals surface area contributed by atoms with Crippen LogP contribution in [0.3, 0.4) is 0 Å². The Morgan fingerprint density at radius 3 is 3.10 bits per heavy atom. The zero-order chi connectivity index (χ0) is 7.40. The Morgan fingerprint density at radius 1 is 1.80 bits per heavy atom. The summed E-state index contributed by atoms with van der Waals surface area (Å²) < 4.78 is 0. The molecular formula is C6H11N3S. The van der Waals surface area contributed by atoms with Gasteiger partial charge in [-0.05, 0) is 6.42 Å². The molecule has 0 amide bonds. The SMILES string of the molecule is CCc1csc(CNN)n1. The second-order valence-electron chi connectivity index (χ2n) is 1.97. The van der Waals surface area contributed by atoms with Crippen LogP contribution in [0.25, 0.3) is 0 Å². The highest BCUT2D eigenvalue weighted by Crippen LogP contribution is 2.08. The lowest BCUT2D eigenvalue weighted by atomic mass is 10.4. The Balaban J connectivity index is 2.59. The van der Waals surface area contributed by atoms with Crippen LogP contribution in [0.5, 0.6) is 0 Å². The summed E-state index contributed by atoms with van der Waals surface area (Å²) in [5.74, 6) is 5.13. The van der Waals surface area contributed by atoms with Gasteiger partial charge in [0.05, 0.1) is 12.2 Å². The summed E-state index contributed by atoms with van der Waals surface area (Å²) in [6, 6.07) is 0. The van der Waals surface area contributed by atoms with Crippen molar-refractivity contribution in [1.82, 2.24) is 10.4 Å². The van der Waals surface area contributed by atoms with Gasteiger partial charge in [0.25, 0.3) is 0 Å². The highest BCUT2D eigenvalue weighted by molar-refractivity contribution is 7.09. The molecule has 0 aromatic carbocycles. The first-order valence-corrected chi connectivity index (χ1v) is 4.11. The van der Waals surface area contributed by atoms with E-state index < -0.39 is 0 Å². The molecule has 0 fully saturated rings. The number of aromatic nitrogens is 1. The first kappa shape index (κ1) is 7.65. The van der Waals surface area contributed by atoms with E-state index >= 15 is 0 Å². The molecule has 0 atom stereocenters. The molecule has 1 aromatic rings. The molecule has 0 saturated carbocycles. The van der Waals surface area contributed by atoms with Gasteiger partial charge >= 0.3 is 0 Å². The Bertz CT molecular complexity index is 197. The summed E-state index contributed by atoms with van der Waals surface area (Å²) in [6.07, 6.45) is 1.00. The molecule has 3 N–H and O–H groups in total. The summed E-state index contributed by atoms with van der Waals surface area (Å²) in [5.41, 5.74) is 3.72. The van der Waals surface area contributed by atoms with Crippen LogP contribution in [-0.2, 0) is 13.0 Å². The maximum absolute atomic E-state index is 5.13. The molecular weight excluding hydrogens is 146 g/mol. The monoisotopic (exact) mass is 157 g/mol. The number of nitrogens with two attached hydrogens (primary N) is 1. The van der Waals surface area contributed by atoms with E-state index in [1.54, 1.807) is 11.3 Å². The predicted molar refractivity (Wildman–Crippen MR) is 42.5 cm³/mol. The molecule has 4 heteroatoms. The van der Waals surface area contributed by atoms with Crippen molar-refractivity contribution in [3.8, 4) is 0 Å². The largest absolute Gasteiger partial charge is 0.271 e. The van der Waals surface area contributed by atoms with E-state index in [0.717, 1.165) is 17.1 Å². The molecule has 1 aromatic heterocycles. The van der Waals surface area contributed by atoms with Crippen LogP contribution in [0.15, 0.2) is 5.38 Å². The van der Waals surface area contributed by atoms with Crippen LogP contribution in [0, 0.1) is 0 Å². The van der Waals surface area contributed by atoms with Gasteiger partial charge in [-0.2, -0.15) is 0 Å². The molecule has 0 aliphatic rings. The number of aryl methyl sites for hydroxylation is 1. The lowest BCUT2D eigenvalue weighted by Gasteiger charge is -1.89. The van der Waals surface area contributed by atoms with Gasteiger partial charge in [0, 0.05) is 5.38 Å². The van der Waals surface area contributed by atoms with Gasteiger partial charge in [-0.25, -0.2) is 4.98 Å². The lowest BCUT2D eigenvalue weighted by molar-refractivity contribution is 0.733. The fourth-order valence-corrected chi connectivity index (χ4v) is 1.51. The molecule has 3 nitrogen and oxygen atoms in total. The molecule has 0 aliphatic heterocycles. The van der Waals surface area contributed by atoms with Gasteiger partial charge in [-0.1, -0.05) is 6.92 Å². The minimum atomic E-state index is 0.671. The van der Waals surface area contributed by atoms with Gasteiger partial charge in [0.1, 0.15) is 5.01 Å². The summed E-state index contributed by atoms with van der Waals surface area (Å²) >= 11 is 1.65. The Morgan fingerprint density at radius 2 is 2.60 bits per heavy atom. The number of hydrogen-bond acceptors (Lipinski definition) is 4. The first-order chi connectivity index (χ1) is 4.86. The lowest BCUT2D eigenvalue weighted by Crippen LogP contribution is -2.20. The number of hydrogen-bond donors (Lipinski definition) is 2. The average Bonchev–Trinajstić information content (AvgIpc) is 2.37. The van der Waals surface area contributed by atoms with E-state index in [1.165, 1.54) is 0 Å². The molecule has 56 valence electrons. The number of thiazole rings is 1. The summed E-state index contributed by atoms with van der Waals surface area (Å²) in [4.78, 5) is 4.29. The van der Waals surface area contributed by atoms with E-state index in [4.69, 9.17) is 5.84 Å². The number of nitrogens with zero attached hydrogens (tertiary/aromatic N) is 1. The van der Waals surface area contributed by atoms with E-state index in [1.807, 2.05) is 0 Å². The third kappa shape index (κ3) is 1.76. The quantitative estimate of drug-likeness (QED) is 0.501. The van der Waals surface area contributed by atoms with Gasteiger partial charge < -0.3 is 0 Å². The van der Waals surface area contributed by atoms with Gasteiger partial charge in [0.15, 0.2) is 0 Å². The third-order valence-corrected chi connectivity index (χ3v) is 2.11. The minimum Gasteiger partial charge on any atom is -0.271 e. The molecule has 0 saturated heterocycles. The van der Waals surface area contributed by atoms with Crippen molar-refractivity contribution in [1.29, 1.82) is 0 Å². The molecule has 1 heterocycles. The Kier molecular flexibility index (Phi) is 2.80. The van der Waals surface area contributed by atoms with Crippen molar-refractivity contribution in [2.24, 2.45) is 5.84 Å². The highest BCUT2D eigenvalue weighted by atomic mass is 32.1. The maximum Gasteiger partial charge on any atom is 0.108 e.